The minimum atomic E-state index is 0.0827. The first-order valence-corrected chi connectivity index (χ1v) is 6.71. The summed E-state index contributed by atoms with van der Waals surface area (Å²) >= 11 is 6.33. The van der Waals surface area contributed by atoms with Crippen LogP contribution in [-0.2, 0) is 6.42 Å². The summed E-state index contributed by atoms with van der Waals surface area (Å²) in [6, 6.07) is 1.82. The van der Waals surface area contributed by atoms with Crippen molar-refractivity contribution in [2.75, 3.05) is 0 Å². The third-order valence-electron chi connectivity index (χ3n) is 1.80. The van der Waals surface area contributed by atoms with Gasteiger partial charge in [-0.25, -0.2) is 0 Å². The van der Waals surface area contributed by atoms with Gasteiger partial charge in [-0.15, -0.1) is 32.9 Å². The number of Topliss-reactive ketones (excluding diaryl/α,β-unsaturated/α-hetero) is 1. The molecule has 0 spiro atoms. The molecule has 0 fully saturated rings. The number of carbonyl (C=O) groups excluding carboxylic acids is 1. The lowest BCUT2D eigenvalue weighted by atomic mass is 10.2. The molecule has 0 N–H and O–H groups in total. The van der Waals surface area contributed by atoms with Crippen molar-refractivity contribution in [1.82, 2.24) is 10.2 Å². The zero-order valence-corrected chi connectivity index (χ0v) is 11.1. The van der Waals surface area contributed by atoms with Gasteiger partial charge in [0.05, 0.1) is 10.2 Å². The van der Waals surface area contributed by atoms with E-state index in [1.165, 1.54) is 22.7 Å². The van der Waals surface area contributed by atoms with Gasteiger partial charge >= 0.3 is 0 Å². The van der Waals surface area contributed by atoms with Crippen molar-refractivity contribution in [3.63, 3.8) is 0 Å². The molecule has 0 saturated carbocycles. The molecule has 15 heavy (non-hydrogen) atoms. The standard InChI is InChI=1S/C9H7BrN2OS2/c1-5-11-12-8(15-5)4-7(13)6-2-3-14-9(6)10/h2-3H,4H2,1H3. The molecule has 0 atom stereocenters. The molecule has 0 aliphatic carbocycles. The molecule has 0 bridgehead atoms. The Kier molecular flexibility index (Phi) is 3.28. The SMILES string of the molecule is Cc1nnc(CC(=O)c2ccsc2Br)s1. The van der Waals surface area contributed by atoms with Gasteiger partial charge in [-0.2, -0.15) is 0 Å². The van der Waals surface area contributed by atoms with Crippen LogP contribution in [0.1, 0.15) is 20.4 Å². The number of thiophene rings is 1. The molecule has 0 saturated heterocycles. The van der Waals surface area contributed by atoms with E-state index in [1.54, 1.807) is 0 Å². The third-order valence-corrected chi connectivity index (χ3v) is 4.32. The molecule has 0 aliphatic heterocycles. The Bertz CT molecular complexity index is 492. The molecule has 3 nitrogen and oxygen atoms in total. The molecular weight excluding hydrogens is 296 g/mol. The molecule has 6 heteroatoms. The van der Waals surface area contributed by atoms with Crippen LogP contribution in [0.5, 0.6) is 0 Å². The van der Waals surface area contributed by atoms with E-state index < -0.39 is 0 Å². The number of aryl methyl sites for hydroxylation is 1. The van der Waals surface area contributed by atoms with Crippen molar-refractivity contribution in [1.29, 1.82) is 0 Å². The average molecular weight is 303 g/mol. The van der Waals surface area contributed by atoms with Crippen LogP contribution >= 0.6 is 38.6 Å². The quantitative estimate of drug-likeness (QED) is 0.818. The Morgan fingerprint density at radius 2 is 2.33 bits per heavy atom. The summed E-state index contributed by atoms with van der Waals surface area (Å²) in [4.78, 5) is 11.8. The Labute approximate surface area is 103 Å². The van der Waals surface area contributed by atoms with E-state index in [9.17, 15) is 4.79 Å². The fraction of sp³-hybridized carbons (Fsp3) is 0.222. The van der Waals surface area contributed by atoms with Crippen LogP contribution in [0, 0.1) is 6.92 Å². The number of halogens is 1. The topological polar surface area (TPSA) is 42.9 Å². The van der Waals surface area contributed by atoms with Crippen molar-refractivity contribution >= 4 is 44.4 Å². The monoisotopic (exact) mass is 302 g/mol. The van der Waals surface area contributed by atoms with Gasteiger partial charge in [-0.1, -0.05) is 0 Å². The van der Waals surface area contributed by atoms with Crippen molar-refractivity contribution in [3.8, 4) is 0 Å². The molecule has 0 aliphatic rings. The Balaban J connectivity index is 2.14. The zero-order valence-electron chi connectivity index (χ0n) is 7.86. The van der Waals surface area contributed by atoms with Crippen LogP contribution in [0.3, 0.4) is 0 Å². The second-order valence-electron chi connectivity index (χ2n) is 2.92. The number of ketones is 1. The van der Waals surface area contributed by atoms with Gasteiger partial charge in [0.25, 0.3) is 0 Å². The highest BCUT2D eigenvalue weighted by molar-refractivity contribution is 9.11. The van der Waals surface area contributed by atoms with Crippen LogP contribution < -0.4 is 0 Å². The van der Waals surface area contributed by atoms with E-state index in [2.05, 4.69) is 26.1 Å². The van der Waals surface area contributed by atoms with Crippen LogP contribution in [0.25, 0.3) is 0 Å². The summed E-state index contributed by atoms with van der Waals surface area (Å²) in [6.07, 6.45) is 0.334. The number of carbonyl (C=O) groups is 1. The highest BCUT2D eigenvalue weighted by Crippen LogP contribution is 2.25. The highest BCUT2D eigenvalue weighted by Gasteiger charge is 2.13. The Morgan fingerprint density at radius 3 is 2.87 bits per heavy atom. The van der Waals surface area contributed by atoms with Gasteiger partial charge in [0.15, 0.2) is 5.78 Å². The van der Waals surface area contributed by atoms with Gasteiger partial charge in [-0.3, -0.25) is 4.79 Å². The van der Waals surface area contributed by atoms with Gasteiger partial charge in [0, 0.05) is 5.56 Å². The summed E-state index contributed by atoms with van der Waals surface area (Å²) in [5.41, 5.74) is 0.729. The van der Waals surface area contributed by atoms with Gasteiger partial charge in [-0.05, 0) is 34.3 Å². The molecular formula is C9H7BrN2OS2. The van der Waals surface area contributed by atoms with Gasteiger partial charge in [0.2, 0.25) is 0 Å². The van der Waals surface area contributed by atoms with E-state index in [1.807, 2.05) is 18.4 Å². The molecule has 2 rings (SSSR count). The maximum atomic E-state index is 11.8. The summed E-state index contributed by atoms with van der Waals surface area (Å²) in [6.45, 7) is 1.88. The van der Waals surface area contributed by atoms with E-state index in [4.69, 9.17) is 0 Å². The van der Waals surface area contributed by atoms with Crippen LogP contribution in [-0.4, -0.2) is 16.0 Å². The maximum absolute atomic E-state index is 11.8. The summed E-state index contributed by atoms with van der Waals surface area (Å²) in [5, 5.41) is 11.4. The molecule has 0 amide bonds. The van der Waals surface area contributed by atoms with E-state index in [-0.39, 0.29) is 5.78 Å². The van der Waals surface area contributed by atoms with Crippen molar-refractivity contribution < 1.29 is 4.79 Å². The lowest BCUT2D eigenvalue weighted by molar-refractivity contribution is 0.0992. The second-order valence-corrected chi connectivity index (χ2v) is 6.42. The fourth-order valence-corrected chi connectivity index (χ4v) is 3.15. The molecule has 2 aromatic heterocycles. The molecule has 0 radical (unpaired) electrons. The molecule has 78 valence electrons. The van der Waals surface area contributed by atoms with Gasteiger partial charge < -0.3 is 0 Å². The zero-order chi connectivity index (χ0) is 10.8. The molecule has 2 heterocycles. The minimum Gasteiger partial charge on any atom is -0.294 e. The average Bonchev–Trinajstić information content (AvgIpc) is 2.75. The number of aromatic nitrogens is 2. The van der Waals surface area contributed by atoms with Crippen LogP contribution in [0.4, 0.5) is 0 Å². The minimum absolute atomic E-state index is 0.0827. The smallest absolute Gasteiger partial charge is 0.171 e. The van der Waals surface area contributed by atoms with E-state index >= 15 is 0 Å². The summed E-state index contributed by atoms with van der Waals surface area (Å²) in [5.74, 6) is 0.0827. The maximum Gasteiger partial charge on any atom is 0.171 e. The van der Waals surface area contributed by atoms with Crippen molar-refractivity contribution in [3.05, 3.63) is 30.8 Å². The largest absolute Gasteiger partial charge is 0.294 e. The van der Waals surface area contributed by atoms with E-state index in [0.29, 0.717) is 6.42 Å². The van der Waals surface area contributed by atoms with Gasteiger partial charge in [0.1, 0.15) is 10.0 Å². The molecule has 0 aromatic carbocycles. The Hall–Kier alpha value is -0.590. The number of hydrogen-bond acceptors (Lipinski definition) is 5. The number of hydrogen-bond donors (Lipinski definition) is 0. The lowest BCUT2D eigenvalue weighted by Crippen LogP contribution is -2.02. The summed E-state index contributed by atoms with van der Waals surface area (Å²) < 4.78 is 0.883. The summed E-state index contributed by atoms with van der Waals surface area (Å²) in [7, 11) is 0. The van der Waals surface area contributed by atoms with Crippen molar-refractivity contribution in [2.45, 2.75) is 13.3 Å². The first-order valence-electron chi connectivity index (χ1n) is 4.22. The normalized spacial score (nSPS) is 10.5. The number of rotatable bonds is 3. The lowest BCUT2D eigenvalue weighted by Gasteiger charge is -1.94. The first-order chi connectivity index (χ1) is 7.16. The van der Waals surface area contributed by atoms with Crippen molar-refractivity contribution in [2.24, 2.45) is 0 Å². The molecule has 2 aromatic rings. The van der Waals surface area contributed by atoms with Crippen LogP contribution in [0.15, 0.2) is 15.2 Å². The second kappa shape index (κ2) is 4.51. The Morgan fingerprint density at radius 1 is 1.53 bits per heavy atom. The predicted molar refractivity (Wildman–Crippen MR) is 64.7 cm³/mol. The fourth-order valence-electron chi connectivity index (χ4n) is 1.13. The first kappa shape index (κ1) is 10.9. The van der Waals surface area contributed by atoms with Crippen LogP contribution in [0.2, 0.25) is 0 Å². The highest BCUT2D eigenvalue weighted by atomic mass is 79.9. The van der Waals surface area contributed by atoms with E-state index in [0.717, 1.165) is 19.4 Å². The molecule has 0 unspecified atom stereocenters. The number of nitrogens with zero attached hydrogens (tertiary/aromatic N) is 2. The third kappa shape index (κ3) is 2.50. The predicted octanol–water partition coefficient (Wildman–Crippen LogP) is 3.10.